The largest absolute Gasteiger partial charge is 0.395 e. The zero-order valence-electron chi connectivity index (χ0n) is 9.31. The summed E-state index contributed by atoms with van der Waals surface area (Å²) in [5.41, 5.74) is 0. The number of hydrogen-bond acceptors (Lipinski definition) is 4. The highest BCUT2D eigenvalue weighted by atomic mass is 16.3. The molecule has 0 radical (unpaired) electrons. The van der Waals surface area contributed by atoms with Crippen molar-refractivity contribution in [3.05, 3.63) is 0 Å². The highest BCUT2D eigenvalue weighted by molar-refractivity contribution is 4.83. The van der Waals surface area contributed by atoms with E-state index in [0.29, 0.717) is 0 Å². The van der Waals surface area contributed by atoms with Crippen LogP contribution in [0.4, 0.5) is 0 Å². The molecule has 1 saturated heterocycles. The van der Waals surface area contributed by atoms with E-state index >= 15 is 0 Å². The molecule has 0 atom stereocenters. The molecule has 1 aliphatic carbocycles. The summed E-state index contributed by atoms with van der Waals surface area (Å²) in [5.74, 6) is 0.726. The average molecular weight is 214 g/mol. The second-order valence-electron chi connectivity index (χ2n) is 4.86. The van der Waals surface area contributed by atoms with Crippen molar-refractivity contribution in [2.24, 2.45) is 5.92 Å². The molecule has 0 amide bonds. The van der Waals surface area contributed by atoms with Crippen molar-refractivity contribution in [3.8, 4) is 0 Å². The lowest BCUT2D eigenvalue weighted by atomic mass is 9.82. The number of rotatable bonds is 4. The first-order valence-corrected chi connectivity index (χ1v) is 6.01. The minimum Gasteiger partial charge on any atom is -0.395 e. The van der Waals surface area contributed by atoms with E-state index < -0.39 is 0 Å². The van der Waals surface area contributed by atoms with E-state index in [4.69, 9.17) is 5.11 Å². The second kappa shape index (κ2) is 5.25. The standard InChI is InChI=1S/C11H22N2O2/c14-6-5-12-1-3-13(4-2-12)9-10-7-11(15)8-10/h10-11,14-15H,1-9H2/t10-,11-. The summed E-state index contributed by atoms with van der Waals surface area (Å²) in [6.07, 6.45) is 1.97. The monoisotopic (exact) mass is 214 g/mol. The minimum atomic E-state index is -0.0225. The summed E-state index contributed by atoms with van der Waals surface area (Å²) in [7, 11) is 0. The molecule has 0 aromatic carbocycles. The molecule has 4 nitrogen and oxygen atoms in total. The molecule has 0 bridgehead atoms. The van der Waals surface area contributed by atoms with Gasteiger partial charge in [0.05, 0.1) is 12.7 Å². The van der Waals surface area contributed by atoms with Crippen LogP contribution in [0.2, 0.25) is 0 Å². The van der Waals surface area contributed by atoms with Gasteiger partial charge in [-0.2, -0.15) is 0 Å². The molecule has 2 aliphatic rings. The van der Waals surface area contributed by atoms with Crippen LogP contribution >= 0.6 is 0 Å². The van der Waals surface area contributed by atoms with Gasteiger partial charge in [-0.05, 0) is 18.8 Å². The van der Waals surface area contributed by atoms with Crippen LogP contribution in [0.15, 0.2) is 0 Å². The maximum Gasteiger partial charge on any atom is 0.0558 e. The molecule has 2 N–H and O–H groups in total. The molecular formula is C11H22N2O2. The van der Waals surface area contributed by atoms with Gasteiger partial charge in [0.2, 0.25) is 0 Å². The quantitative estimate of drug-likeness (QED) is 0.654. The zero-order valence-corrected chi connectivity index (χ0v) is 9.31. The van der Waals surface area contributed by atoms with Gasteiger partial charge in [-0.1, -0.05) is 0 Å². The molecule has 4 heteroatoms. The highest BCUT2D eigenvalue weighted by Crippen LogP contribution is 2.28. The van der Waals surface area contributed by atoms with Crippen LogP contribution in [-0.4, -0.2) is 72.0 Å². The third kappa shape index (κ3) is 3.14. The third-order valence-electron chi connectivity index (χ3n) is 3.61. The molecule has 1 heterocycles. The molecule has 0 aromatic rings. The van der Waals surface area contributed by atoms with Gasteiger partial charge in [-0.15, -0.1) is 0 Å². The van der Waals surface area contributed by atoms with Crippen molar-refractivity contribution < 1.29 is 10.2 Å². The van der Waals surface area contributed by atoms with Gasteiger partial charge in [0.1, 0.15) is 0 Å². The SMILES string of the molecule is OCCN1CCN(C[C@H]2C[C@H](O)C2)CC1. The maximum absolute atomic E-state index is 9.21. The maximum atomic E-state index is 9.21. The summed E-state index contributed by atoms with van der Waals surface area (Å²) in [6, 6.07) is 0. The van der Waals surface area contributed by atoms with Gasteiger partial charge in [-0.3, -0.25) is 4.90 Å². The van der Waals surface area contributed by atoms with E-state index in [-0.39, 0.29) is 12.7 Å². The van der Waals surface area contributed by atoms with Crippen LogP contribution in [-0.2, 0) is 0 Å². The van der Waals surface area contributed by atoms with Crippen LogP contribution in [0.5, 0.6) is 0 Å². The Morgan fingerprint density at radius 3 is 2.13 bits per heavy atom. The molecular weight excluding hydrogens is 192 g/mol. The van der Waals surface area contributed by atoms with Crippen LogP contribution in [0.3, 0.4) is 0 Å². The average Bonchev–Trinajstić information content (AvgIpc) is 2.19. The van der Waals surface area contributed by atoms with Gasteiger partial charge in [-0.25, -0.2) is 0 Å². The van der Waals surface area contributed by atoms with E-state index in [2.05, 4.69) is 9.80 Å². The second-order valence-corrected chi connectivity index (χ2v) is 4.86. The predicted molar refractivity (Wildman–Crippen MR) is 58.7 cm³/mol. The Morgan fingerprint density at radius 1 is 1.00 bits per heavy atom. The Bertz CT molecular complexity index is 187. The topological polar surface area (TPSA) is 46.9 Å². The number of aliphatic hydroxyl groups is 2. The normalized spacial score (nSPS) is 34.0. The molecule has 88 valence electrons. The number of aliphatic hydroxyl groups excluding tert-OH is 2. The van der Waals surface area contributed by atoms with Crippen molar-refractivity contribution in [1.82, 2.24) is 9.80 Å². The lowest BCUT2D eigenvalue weighted by Crippen LogP contribution is -2.49. The lowest BCUT2D eigenvalue weighted by Gasteiger charge is -2.39. The Labute approximate surface area is 91.5 Å². The van der Waals surface area contributed by atoms with Crippen LogP contribution in [0, 0.1) is 5.92 Å². The first-order chi connectivity index (χ1) is 7.28. The van der Waals surface area contributed by atoms with Gasteiger partial charge < -0.3 is 15.1 Å². The lowest BCUT2D eigenvalue weighted by molar-refractivity contribution is 0.0137. The third-order valence-corrected chi connectivity index (χ3v) is 3.61. The van der Waals surface area contributed by atoms with Crippen molar-refractivity contribution in [2.75, 3.05) is 45.9 Å². The fourth-order valence-electron chi connectivity index (χ4n) is 2.55. The first-order valence-electron chi connectivity index (χ1n) is 6.01. The van der Waals surface area contributed by atoms with Crippen LogP contribution in [0.25, 0.3) is 0 Å². The number of β-amino-alcohol motifs (C(OH)–C–C–N with tert-alkyl or cyclic N) is 1. The van der Waals surface area contributed by atoms with E-state index in [9.17, 15) is 5.11 Å². The molecule has 15 heavy (non-hydrogen) atoms. The van der Waals surface area contributed by atoms with E-state index in [1.165, 1.54) is 0 Å². The number of hydrogen-bond donors (Lipinski definition) is 2. The summed E-state index contributed by atoms with van der Waals surface area (Å²) < 4.78 is 0. The molecule has 0 aromatic heterocycles. The van der Waals surface area contributed by atoms with Crippen molar-refractivity contribution in [1.29, 1.82) is 0 Å². The summed E-state index contributed by atoms with van der Waals surface area (Å²) in [5, 5.41) is 18.0. The summed E-state index contributed by atoms with van der Waals surface area (Å²) >= 11 is 0. The Morgan fingerprint density at radius 2 is 1.60 bits per heavy atom. The van der Waals surface area contributed by atoms with Crippen molar-refractivity contribution in [2.45, 2.75) is 18.9 Å². The zero-order chi connectivity index (χ0) is 10.7. The molecule has 2 fully saturated rings. The molecule has 1 aliphatic heterocycles. The fraction of sp³-hybridized carbons (Fsp3) is 1.00. The molecule has 0 spiro atoms. The summed E-state index contributed by atoms with van der Waals surface area (Å²) in [4.78, 5) is 4.80. The van der Waals surface area contributed by atoms with Crippen molar-refractivity contribution >= 4 is 0 Å². The van der Waals surface area contributed by atoms with Gasteiger partial charge >= 0.3 is 0 Å². The Hall–Kier alpha value is -0.160. The van der Waals surface area contributed by atoms with Crippen LogP contribution in [0.1, 0.15) is 12.8 Å². The van der Waals surface area contributed by atoms with E-state index in [0.717, 1.165) is 58.0 Å². The van der Waals surface area contributed by atoms with Crippen molar-refractivity contribution in [3.63, 3.8) is 0 Å². The summed E-state index contributed by atoms with van der Waals surface area (Å²) in [6.45, 7) is 6.64. The van der Waals surface area contributed by atoms with Crippen LogP contribution < -0.4 is 0 Å². The number of piperazine rings is 1. The van der Waals surface area contributed by atoms with Gasteiger partial charge in [0, 0.05) is 39.3 Å². The van der Waals surface area contributed by atoms with Gasteiger partial charge in [0.25, 0.3) is 0 Å². The van der Waals surface area contributed by atoms with E-state index in [1.807, 2.05) is 0 Å². The van der Waals surface area contributed by atoms with Gasteiger partial charge in [0.15, 0.2) is 0 Å². The smallest absolute Gasteiger partial charge is 0.0558 e. The Balaban J connectivity index is 1.61. The highest BCUT2D eigenvalue weighted by Gasteiger charge is 2.29. The molecule has 0 unspecified atom stereocenters. The predicted octanol–water partition coefficient (Wildman–Crippen LogP) is -0.633. The Kier molecular flexibility index (Phi) is 3.97. The fourth-order valence-corrected chi connectivity index (χ4v) is 2.55. The minimum absolute atomic E-state index is 0.0225. The molecule has 1 saturated carbocycles. The first kappa shape index (κ1) is 11.3. The van der Waals surface area contributed by atoms with E-state index in [1.54, 1.807) is 0 Å². The molecule has 2 rings (SSSR count). The number of nitrogens with zero attached hydrogens (tertiary/aromatic N) is 2.